The maximum absolute atomic E-state index is 6.09. The van der Waals surface area contributed by atoms with Gasteiger partial charge in [0.1, 0.15) is 0 Å². The fourth-order valence-corrected chi connectivity index (χ4v) is 2.84. The van der Waals surface area contributed by atoms with E-state index in [-0.39, 0.29) is 0 Å². The molecule has 1 fully saturated rings. The lowest BCUT2D eigenvalue weighted by Crippen LogP contribution is -2.23. The lowest BCUT2D eigenvalue weighted by Gasteiger charge is -2.33. The maximum atomic E-state index is 6.09. The first-order chi connectivity index (χ1) is 8.18. The molecule has 3 heteroatoms. The smallest absolute Gasteiger partial charge is 0.201 e. The van der Waals surface area contributed by atoms with Crippen LogP contribution in [0.25, 0.3) is 11.0 Å². The highest BCUT2D eigenvalue weighted by molar-refractivity contribution is 5.81. The SMILES string of the molecule is Cc1cccc2c1nc(N)n2C(C)C1CCC1. The van der Waals surface area contributed by atoms with Crippen molar-refractivity contribution >= 4 is 17.0 Å². The molecule has 3 rings (SSSR count). The summed E-state index contributed by atoms with van der Waals surface area (Å²) in [5.41, 5.74) is 9.53. The number of anilines is 1. The zero-order chi connectivity index (χ0) is 12.0. The predicted molar refractivity (Wildman–Crippen MR) is 70.9 cm³/mol. The van der Waals surface area contributed by atoms with E-state index in [1.54, 1.807) is 0 Å². The Labute approximate surface area is 102 Å². The largest absolute Gasteiger partial charge is 0.369 e. The number of rotatable bonds is 2. The molecule has 1 aliphatic carbocycles. The number of fused-ring (bicyclic) bond motifs is 1. The Kier molecular flexibility index (Phi) is 2.35. The van der Waals surface area contributed by atoms with E-state index in [4.69, 9.17) is 5.73 Å². The van der Waals surface area contributed by atoms with Crippen molar-refractivity contribution in [1.29, 1.82) is 0 Å². The second-order valence-electron chi connectivity index (χ2n) is 5.21. The minimum atomic E-state index is 0.468. The minimum absolute atomic E-state index is 0.468. The second-order valence-corrected chi connectivity index (χ2v) is 5.21. The first-order valence-electron chi connectivity index (χ1n) is 6.41. The van der Waals surface area contributed by atoms with E-state index in [2.05, 4.69) is 41.6 Å². The van der Waals surface area contributed by atoms with Crippen molar-refractivity contribution in [1.82, 2.24) is 9.55 Å². The number of benzene rings is 1. The van der Waals surface area contributed by atoms with Gasteiger partial charge in [-0.2, -0.15) is 0 Å². The molecule has 0 aliphatic heterocycles. The van der Waals surface area contributed by atoms with Crippen LogP contribution in [0.15, 0.2) is 18.2 Å². The molecular weight excluding hydrogens is 210 g/mol. The van der Waals surface area contributed by atoms with Crippen molar-refractivity contribution < 1.29 is 0 Å². The molecule has 17 heavy (non-hydrogen) atoms. The molecule has 0 bridgehead atoms. The summed E-state index contributed by atoms with van der Waals surface area (Å²) in [5, 5.41) is 0. The van der Waals surface area contributed by atoms with E-state index in [1.165, 1.54) is 30.3 Å². The summed E-state index contributed by atoms with van der Waals surface area (Å²) in [6.45, 7) is 4.36. The minimum Gasteiger partial charge on any atom is -0.369 e. The molecule has 1 saturated carbocycles. The van der Waals surface area contributed by atoms with Crippen LogP contribution in [0.3, 0.4) is 0 Å². The summed E-state index contributed by atoms with van der Waals surface area (Å²) in [5.74, 6) is 1.43. The summed E-state index contributed by atoms with van der Waals surface area (Å²) >= 11 is 0. The first-order valence-corrected chi connectivity index (χ1v) is 6.41. The highest BCUT2D eigenvalue weighted by atomic mass is 15.2. The van der Waals surface area contributed by atoms with E-state index < -0.39 is 0 Å². The van der Waals surface area contributed by atoms with Crippen LogP contribution in [0.2, 0.25) is 0 Å². The van der Waals surface area contributed by atoms with Crippen LogP contribution < -0.4 is 5.73 Å². The van der Waals surface area contributed by atoms with Gasteiger partial charge in [-0.15, -0.1) is 0 Å². The number of nitrogens with two attached hydrogens (primary N) is 1. The molecule has 0 saturated heterocycles. The molecule has 90 valence electrons. The lowest BCUT2D eigenvalue weighted by atomic mass is 9.80. The summed E-state index contributed by atoms with van der Waals surface area (Å²) in [6.07, 6.45) is 4.01. The molecule has 2 N–H and O–H groups in total. The van der Waals surface area contributed by atoms with Gasteiger partial charge in [0.2, 0.25) is 5.95 Å². The Balaban J connectivity index is 2.14. The average molecular weight is 229 g/mol. The van der Waals surface area contributed by atoms with Crippen LogP contribution in [-0.4, -0.2) is 9.55 Å². The first kappa shape index (κ1) is 10.6. The van der Waals surface area contributed by atoms with Gasteiger partial charge in [0.15, 0.2) is 0 Å². The Hall–Kier alpha value is -1.51. The zero-order valence-electron chi connectivity index (χ0n) is 10.5. The number of hydrogen-bond donors (Lipinski definition) is 1. The molecule has 1 aromatic heterocycles. The number of aryl methyl sites for hydroxylation is 1. The molecular formula is C14H19N3. The van der Waals surface area contributed by atoms with Gasteiger partial charge in [-0.3, -0.25) is 0 Å². The Morgan fingerprint density at radius 3 is 2.82 bits per heavy atom. The zero-order valence-corrected chi connectivity index (χ0v) is 10.5. The van der Waals surface area contributed by atoms with Crippen LogP contribution in [0, 0.1) is 12.8 Å². The van der Waals surface area contributed by atoms with E-state index in [1.807, 2.05) is 0 Å². The van der Waals surface area contributed by atoms with Crippen LogP contribution in [0.5, 0.6) is 0 Å². The molecule has 1 heterocycles. The standard InChI is InChI=1S/C14H19N3/c1-9-5-3-8-12-13(9)16-14(15)17(12)10(2)11-6-4-7-11/h3,5,8,10-11H,4,6-7H2,1-2H3,(H2,15,16). The highest BCUT2D eigenvalue weighted by Crippen LogP contribution is 2.38. The van der Waals surface area contributed by atoms with Crippen molar-refractivity contribution in [2.75, 3.05) is 5.73 Å². The van der Waals surface area contributed by atoms with E-state index in [0.29, 0.717) is 12.0 Å². The van der Waals surface area contributed by atoms with Crippen molar-refractivity contribution in [3.63, 3.8) is 0 Å². The van der Waals surface area contributed by atoms with E-state index >= 15 is 0 Å². The summed E-state index contributed by atoms with van der Waals surface area (Å²) in [6, 6.07) is 6.77. The molecule has 2 aromatic rings. The summed E-state index contributed by atoms with van der Waals surface area (Å²) in [4.78, 5) is 4.52. The normalized spacial score (nSPS) is 18.2. The predicted octanol–water partition coefficient (Wildman–Crippen LogP) is 3.29. The van der Waals surface area contributed by atoms with Crippen LogP contribution in [0.1, 0.15) is 37.8 Å². The highest BCUT2D eigenvalue weighted by Gasteiger charge is 2.27. The molecule has 1 unspecified atom stereocenters. The summed E-state index contributed by atoms with van der Waals surface area (Å²) in [7, 11) is 0. The Bertz CT molecular complexity index is 552. The van der Waals surface area contributed by atoms with Crippen LogP contribution in [0.4, 0.5) is 5.95 Å². The quantitative estimate of drug-likeness (QED) is 0.858. The van der Waals surface area contributed by atoms with Crippen molar-refractivity contribution in [3.05, 3.63) is 23.8 Å². The fourth-order valence-electron chi connectivity index (χ4n) is 2.84. The number of nitrogens with zero attached hydrogens (tertiary/aromatic N) is 2. The monoisotopic (exact) mass is 229 g/mol. The number of hydrogen-bond acceptors (Lipinski definition) is 2. The number of imidazole rings is 1. The second kappa shape index (κ2) is 3.76. The van der Waals surface area contributed by atoms with Gasteiger partial charge in [-0.25, -0.2) is 4.98 Å². The van der Waals surface area contributed by atoms with Gasteiger partial charge in [0, 0.05) is 6.04 Å². The topological polar surface area (TPSA) is 43.8 Å². The average Bonchev–Trinajstić information content (AvgIpc) is 2.53. The molecule has 0 amide bonds. The van der Waals surface area contributed by atoms with E-state index in [9.17, 15) is 0 Å². The fraction of sp³-hybridized carbons (Fsp3) is 0.500. The number of para-hydroxylation sites is 1. The molecule has 1 aliphatic rings. The van der Waals surface area contributed by atoms with Gasteiger partial charge in [-0.05, 0) is 44.2 Å². The third-order valence-electron chi connectivity index (χ3n) is 4.19. The molecule has 3 nitrogen and oxygen atoms in total. The Morgan fingerprint density at radius 1 is 1.41 bits per heavy atom. The summed E-state index contributed by atoms with van der Waals surface area (Å²) < 4.78 is 2.21. The maximum Gasteiger partial charge on any atom is 0.201 e. The van der Waals surface area contributed by atoms with Crippen LogP contribution >= 0.6 is 0 Å². The van der Waals surface area contributed by atoms with Crippen molar-refractivity contribution in [2.45, 2.75) is 39.2 Å². The molecule has 0 radical (unpaired) electrons. The lowest BCUT2D eigenvalue weighted by molar-refractivity contribution is 0.227. The van der Waals surface area contributed by atoms with Gasteiger partial charge < -0.3 is 10.3 Å². The molecule has 1 atom stereocenters. The van der Waals surface area contributed by atoms with Gasteiger partial charge in [-0.1, -0.05) is 18.6 Å². The molecule has 0 spiro atoms. The van der Waals surface area contributed by atoms with Gasteiger partial charge in [0.25, 0.3) is 0 Å². The third kappa shape index (κ3) is 1.53. The Morgan fingerprint density at radius 2 is 2.18 bits per heavy atom. The van der Waals surface area contributed by atoms with Crippen molar-refractivity contribution in [2.24, 2.45) is 5.92 Å². The van der Waals surface area contributed by atoms with Gasteiger partial charge >= 0.3 is 0 Å². The number of nitrogen functional groups attached to an aromatic ring is 1. The van der Waals surface area contributed by atoms with Crippen LogP contribution in [-0.2, 0) is 0 Å². The van der Waals surface area contributed by atoms with E-state index in [0.717, 1.165) is 11.4 Å². The van der Waals surface area contributed by atoms with Crippen molar-refractivity contribution in [3.8, 4) is 0 Å². The number of aromatic nitrogens is 2. The van der Waals surface area contributed by atoms with Gasteiger partial charge in [0.05, 0.1) is 11.0 Å². The molecule has 1 aromatic carbocycles. The third-order valence-corrected chi connectivity index (χ3v) is 4.19.